The summed E-state index contributed by atoms with van der Waals surface area (Å²) < 4.78 is 9.94. The molecule has 23 heavy (non-hydrogen) atoms. The summed E-state index contributed by atoms with van der Waals surface area (Å²) in [5.41, 5.74) is 1.77. The average Bonchev–Trinajstić information content (AvgIpc) is 2.53. The molecule has 0 aliphatic rings. The van der Waals surface area contributed by atoms with Crippen LogP contribution < -0.4 is 5.32 Å². The Kier molecular flexibility index (Phi) is 8.51. The van der Waals surface area contributed by atoms with Gasteiger partial charge in [0.25, 0.3) is 0 Å². The molecule has 1 atom stereocenters. The van der Waals surface area contributed by atoms with Gasteiger partial charge in [0.05, 0.1) is 25.7 Å². The van der Waals surface area contributed by atoms with Crippen molar-refractivity contribution in [3.63, 3.8) is 0 Å². The van der Waals surface area contributed by atoms with Gasteiger partial charge < -0.3 is 14.8 Å². The van der Waals surface area contributed by atoms with E-state index in [2.05, 4.69) is 19.2 Å². The third-order valence-electron chi connectivity index (χ3n) is 3.55. The van der Waals surface area contributed by atoms with Gasteiger partial charge in [-0.3, -0.25) is 9.59 Å². The Morgan fingerprint density at radius 3 is 2.35 bits per heavy atom. The van der Waals surface area contributed by atoms with Gasteiger partial charge in [-0.05, 0) is 18.4 Å². The fraction of sp³-hybridized carbons (Fsp3) is 0.556. The second-order valence-corrected chi connectivity index (χ2v) is 5.65. The molecule has 5 heteroatoms. The van der Waals surface area contributed by atoms with Gasteiger partial charge in [0.2, 0.25) is 0 Å². The van der Waals surface area contributed by atoms with Crippen molar-refractivity contribution in [3.05, 3.63) is 35.4 Å². The number of hydrogen-bond acceptors (Lipinski definition) is 5. The molecule has 1 aromatic rings. The van der Waals surface area contributed by atoms with E-state index in [0.29, 0.717) is 31.2 Å². The summed E-state index contributed by atoms with van der Waals surface area (Å²) in [4.78, 5) is 24.4. The number of hydrogen-bond donors (Lipinski definition) is 1. The number of esters is 1. The summed E-state index contributed by atoms with van der Waals surface area (Å²) in [5.74, 6) is -0.0756. The van der Waals surface area contributed by atoms with Gasteiger partial charge in [-0.25, -0.2) is 0 Å². The fourth-order valence-corrected chi connectivity index (χ4v) is 2.21. The highest BCUT2D eigenvalue weighted by Crippen LogP contribution is 2.16. The molecule has 0 radical (unpaired) electrons. The molecule has 0 spiro atoms. The van der Waals surface area contributed by atoms with Gasteiger partial charge >= 0.3 is 5.97 Å². The van der Waals surface area contributed by atoms with Crippen molar-refractivity contribution in [2.45, 2.75) is 39.2 Å². The SMILES string of the molecule is CCOC(=O)CC(NCCOC)C(=O)c1ccc(C(C)C)cc1. The quantitative estimate of drug-likeness (QED) is 0.407. The van der Waals surface area contributed by atoms with Crippen molar-refractivity contribution in [3.8, 4) is 0 Å². The molecule has 0 fully saturated rings. The van der Waals surface area contributed by atoms with E-state index in [4.69, 9.17) is 9.47 Å². The van der Waals surface area contributed by atoms with E-state index < -0.39 is 6.04 Å². The van der Waals surface area contributed by atoms with E-state index >= 15 is 0 Å². The number of ether oxygens (including phenoxy) is 2. The lowest BCUT2D eigenvalue weighted by atomic mass is 9.97. The largest absolute Gasteiger partial charge is 0.466 e. The highest BCUT2D eigenvalue weighted by molar-refractivity contribution is 6.01. The lowest BCUT2D eigenvalue weighted by molar-refractivity contribution is -0.143. The predicted octanol–water partition coefficient (Wildman–Crippen LogP) is 2.55. The van der Waals surface area contributed by atoms with Crippen molar-refractivity contribution in [2.75, 3.05) is 26.9 Å². The minimum atomic E-state index is -0.603. The Balaban J connectivity index is 2.81. The number of ketones is 1. The van der Waals surface area contributed by atoms with Crippen LogP contribution >= 0.6 is 0 Å². The zero-order valence-corrected chi connectivity index (χ0v) is 14.4. The number of carbonyl (C=O) groups is 2. The molecule has 0 aliphatic heterocycles. The van der Waals surface area contributed by atoms with E-state index in [1.165, 1.54) is 5.56 Å². The van der Waals surface area contributed by atoms with Gasteiger partial charge in [-0.1, -0.05) is 38.1 Å². The number of carbonyl (C=O) groups excluding carboxylic acids is 2. The maximum atomic E-state index is 12.6. The number of nitrogens with one attached hydrogen (secondary N) is 1. The lowest BCUT2D eigenvalue weighted by Crippen LogP contribution is -2.40. The highest BCUT2D eigenvalue weighted by Gasteiger charge is 2.23. The first-order valence-corrected chi connectivity index (χ1v) is 8.01. The van der Waals surface area contributed by atoms with Crippen molar-refractivity contribution < 1.29 is 19.1 Å². The molecule has 0 heterocycles. The Bertz CT molecular complexity index is 496. The summed E-state index contributed by atoms with van der Waals surface area (Å²) in [5, 5.41) is 3.07. The Labute approximate surface area is 138 Å². The van der Waals surface area contributed by atoms with Crippen molar-refractivity contribution >= 4 is 11.8 Å². The van der Waals surface area contributed by atoms with Gasteiger partial charge in [0.15, 0.2) is 5.78 Å². The molecule has 1 aromatic carbocycles. The summed E-state index contributed by atoms with van der Waals surface area (Å²) in [6.45, 7) is 7.23. The second kappa shape index (κ2) is 10.1. The van der Waals surface area contributed by atoms with Gasteiger partial charge in [-0.2, -0.15) is 0 Å². The first-order chi connectivity index (χ1) is 11.0. The average molecular weight is 321 g/mol. The number of benzene rings is 1. The zero-order valence-electron chi connectivity index (χ0n) is 14.4. The third-order valence-corrected chi connectivity index (χ3v) is 3.55. The van der Waals surface area contributed by atoms with E-state index in [9.17, 15) is 9.59 Å². The molecule has 0 amide bonds. The Hall–Kier alpha value is -1.72. The Morgan fingerprint density at radius 1 is 1.17 bits per heavy atom. The maximum Gasteiger partial charge on any atom is 0.307 e. The summed E-state index contributed by atoms with van der Waals surface area (Å²) in [6, 6.07) is 6.93. The molecule has 0 saturated carbocycles. The van der Waals surface area contributed by atoms with Crippen LogP contribution in [-0.2, 0) is 14.3 Å². The minimum Gasteiger partial charge on any atom is -0.466 e. The molecule has 1 N–H and O–H groups in total. The van der Waals surface area contributed by atoms with Crippen LogP contribution in [-0.4, -0.2) is 44.7 Å². The molecular formula is C18H27NO4. The van der Waals surface area contributed by atoms with E-state index in [0.717, 1.165) is 0 Å². The molecule has 0 saturated heterocycles. The van der Waals surface area contributed by atoms with Crippen LogP contribution in [0.2, 0.25) is 0 Å². The minimum absolute atomic E-state index is 0.0162. The van der Waals surface area contributed by atoms with Crippen LogP contribution in [0.5, 0.6) is 0 Å². The molecule has 0 bridgehead atoms. The second-order valence-electron chi connectivity index (χ2n) is 5.65. The summed E-state index contributed by atoms with van der Waals surface area (Å²) >= 11 is 0. The van der Waals surface area contributed by atoms with Crippen molar-refractivity contribution in [2.24, 2.45) is 0 Å². The molecule has 1 rings (SSSR count). The summed E-state index contributed by atoms with van der Waals surface area (Å²) in [6.07, 6.45) is 0.0162. The first kappa shape index (κ1) is 19.3. The van der Waals surface area contributed by atoms with Crippen LogP contribution in [0.3, 0.4) is 0 Å². The van der Waals surface area contributed by atoms with E-state index in [-0.39, 0.29) is 18.2 Å². The standard InChI is InChI=1S/C18H27NO4/c1-5-23-17(20)12-16(19-10-11-22-4)18(21)15-8-6-14(7-9-15)13(2)3/h6-9,13,16,19H,5,10-12H2,1-4H3. The number of methoxy groups -OCH3 is 1. The highest BCUT2D eigenvalue weighted by atomic mass is 16.5. The zero-order chi connectivity index (χ0) is 17.2. The van der Waals surface area contributed by atoms with Crippen molar-refractivity contribution in [1.29, 1.82) is 0 Å². The van der Waals surface area contributed by atoms with Gasteiger partial charge in [0, 0.05) is 19.2 Å². The van der Waals surface area contributed by atoms with Gasteiger partial charge in [0.1, 0.15) is 0 Å². The van der Waals surface area contributed by atoms with Crippen LogP contribution in [0.1, 0.15) is 49.0 Å². The number of rotatable bonds is 10. The number of Topliss-reactive ketones (excluding diaryl/α,β-unsaturated/α-hetero) is 1. The predicted molar refractivity (Wildman–Crippen MR) is 89.8 cm³/mol. The molecule has 128 valence electrons. The normalized spacial score (nSPS) is 12.2. The monoisotopic (exact) mass is 321 g/mol. The molecule has 0 aromatic heterocycles. The molecule has 5 nitrogen and oxygen atoms in total. The first-order valence-electron chi connectivity index (χ1n) is 8.01. The Morgan fingerprint density at radius 2 is 1.83 bits per heavy atom. The maximum absolute atomic E-state index is 12.6. The third kappa shape index (κ3) is 6.50. The molecule has 1 unspecified atom stereocenters. The topological polar surface area (TPSA) is 64.6 Å². The summed E-state index contributed by atoms with van der Waals surface area (Å²) in [7, 11) is 1.59. The fourth-order valence-electron chi connectivity index (χ4n) is 2.21. The van der Waals surface area contributed by atoms with E-state index in [1.807, 2.05) is 24.3 Å². The molecule has 0 aliphatic carbocycles. The lowest BCUT2D eigenvalue weighted by Gasteiger charge is -2.17. The molecular weight excluding hydrogens is 294 g/mol. The van der Waals surface area contributed by atoms with Crippen LogP contribution in [0.4, 0.5) is 0 Å². The van der Waals surface area contributed by atoms with Crippen molar-refractivity contribution in [1.82, 2.24) is 5.32 Å². The van der Waals surface area contributed by atoms with Gasteiger partial charge in [-0.15, -0.1) is 0 Å². The van der Waals surface area contributed by atoms with Crippen LogP contribution in [0.25, 0.3) is 0 Å². The van der Waals surface area contributed by atoms with E-state index in [1.54, 1.807) is 14.0 Å². The van der Waals surface area contributed by atoms with Crippen LogP contribution in [0, 0.1) is 0 Å². The smallest absolute Gasteiger partial charge is 0.307 e. The van der Waals surface area contributed by atoms with Crippen LogP contribution in [0.15, 0.2) is 24.3 Å².